The first-order chi connectivity index (χ1) is 12.7. The van der Waals surface area contributed by atoms with Gasteiger partial charge in [-0.2, -0.15) is 0 Å². The van der Waals surface area contributed by atoms with Gasteiger partial charge < -0.3 is 10.2 Å². The van der Waals surface area contributed by atoms with E-state index in [1.54, 1.807) is 16.2 Å². The van der Waals surface area contributed by atoms with Crippen LogP contribution in [0.5, 0.6) is 0 Å². The van der Waals surface area contributed by atoms with Crippen molar-refractivity contribution in [2.45, 2.75) is 45.6 Å². The standard InChI is InChI=1S/C18H23N5O2S/c1-2-6-14-22-13(12-26-14)11-21-17(24)15-16(20-8-7-19-15)18(25)23-9-4-3-5-10-23/h7-8,12H,2-6,9-11H2,1H3,(H,21,24). The van der Waals surface area contributed by atoms with Gasteiger partial charge in [-0.3, -0.25) is 9.59 Å². The highest BCUT2D eigenvalue weighted by Gasteiger charge is 2.25. The number of nitrogens with zero attached hydrogens (tertiary/aromatic N) is 4. The van der Waals surface area contributed by atoms with Crippen molar-refractivity contribution >= 4 is 23.2 Å². The van der Waals surface area contributed by atoms with Crippen molar-refractivity contribution in [1.82, 2.24) is 25.2 Å². The van der Waals surface area contributed by atoms with Crippen molar-refractivity contribution in [2.24, 2.45) is 0 Å². The zero-order valence-corrected chi connectivity index (χ0v) is 15.7. The second kappa shape index (κ2) is 8.84. The highest BCUT2D eigenvalue weighted by Crippen LogP contribution is 2.14. The number of amides is 2. The third-order valence-corrected chi connectivity index (χ3v) is 5.21. The van der Waals surface area contributed by atoms with Crippen LogP contribution in [0.25, 0.3) is 0 Å². The fourth-order valence-electron chi connectivity index (χ4n) is 2.92. The first kappa shape index (κ1) is 18.4. The van der Waals surface area contributed by atoms with Crippen LogP contribution in [0.4, 0.5) is 0 Å². The average Bonchev–Trinajstić information content (AvgIpc) is 3.14. The Morgan fingerprint density at radius 2 is 1.88 bits per heavy atom. The lowest BCUT2D eigenvalue weighted by molar-refractivity contribution is 0.0711. The van der Waals surface area contributed by atoms with Crippen LogP contribution in [-0.2, 0) is 13.0 Å². The molecular formula is C18H23N5O2S. The summed E-state index contributed by atoms with van der Waals surface area (Å²) in [5.74, 6) is -0.620. The van der Waals surface area contributed by atoms with E-state index in [9.17, 15) is 9.59 Å². The third-order valence-electron chi connectivity index (χ3n) is 4.25. The van der Waals surface area contributed by atoms with E-state index in [2.05, 4.69) is 27.2 Å². The van der Waals surface area contributed by atoms with Crippen LogP contribution in [0.3, 0.4) is 0 Å². The summed E-state index contributed by atoms with van der Waals surface area (Å²) in [5.41, 5.74) is 1.02. The molecular weight excluding hydrogens is 350 g/mol. The first-order valence-electron chi connectivity index (χ1n) is 9.00. The zero-order valence-electron chi connectivity index (χ0n) is 14.9. The fraction of sp³-hybridized carbons (Fsp3) is 0.500. The molecule has 8 heteroatoms. The molecule has 138 valence electrons. The van der Waals surface area contributed by atoms with Crippen LogP contribution < -0.4 is 5.32 Å². The van der Waals surface area contributed by atoms with Gasteiger partial charge >= 0.3 is 0 Å². The summed E-state index contributed by atoms with van der Waals surface area (Å²) in [6, 6.07) is 0. The minimum absolute atomic E-state index is 0.0760. The van der Waals surface area contributed by atoms with E-state index in [1.165, 1.54) is 12.4 Å². The molecule has 0 bridgehead atoms. The molecule has 3 heterocycles. The molecule has 2 amide bonds. The zero-order chi connectivity index (χ0) is 18.4. The molecule has 2 aromatic rings. The monoisotopic (exact) mass is 373 g/mol. The number of rotatable bonds is 6. The fourth-order valence-corrected chi connectivity index (χ4v) is 3.82. The van der Waals surface area contributed by atoms with E-state index < -0.39 is 5.91 Å². The number of likely N-dealkylation sites (tertiary alicyclic amines) is 1. The Labute approximate surface area is 156 Å². The molecule has 0 radical (unpaired) electrons. The number of aryl methyl sites for hydroxylation is 1. The molecule has 1 aliphatic rings. The summed E-state index contributed by atoms with van der Waals surface area (Å²) in [6.07, 6.45) is 7.97. The quantitative estimate of drug-likeness (QED) is 0.840. The van der Waals surface area contributed by atoms with Crippen LogP contribution in [0.2, 0.25) is 0 Å². The lowest BCUT2D eigenvalue weighted by Crippen LogP contribution is -2.38. The second-order valence-corrected chi connectivity index (χ2v) is 7.21. The molecule has 7 nitrogen and oxygen atoms in total. The molecule has 0 spiro atoms. The molecule has 1 saturated heterocycles. The number of thiazole rings is 1. The number of hydrogen-bond donors (Lipinski definition) is 1. The predicted molar refractivity (Wildman–Crippen MR) is 99.1 cm³/mol. The lowest BCUT2D eigenvalue weighted by Gasteiger charge is -2.26. The Morgan fingerprint density at radius 3 is 2.62 bits per heavy atom. The van der Waals surface area contributed by atoms with Gasteiger partial charge in [-0.1, -0.05) is 6.92 Å². The van der Waals surface area contributed by atoms with Gasteiger partial charge in [0.1, 0.15) is 0 Å². The molecule has 1 N–H and O–H groups in total. The third kappa shape index (κ3) is 4.43. The van der Waals surface area contributed by atoms with Gasteiger partial charge in [-0.25, -0.2) is 15.0 Å². The van der Waals surface area contributed by atoms with Crippen LogP contribution >= 0.6 is 11.3 Å². The van der Waals surface area contributed by atoms with Gasteiger partial charge in [-0.05, 0) is 32.1 Å². The molecule has 2 aromatic heterocycles. The molecule has 3 rings (SSSR count). The highest BCUT2D eigenvalue weighted by atomic mass is 32.1. The van der Waals surface area contributed by atoms with Crippen molar-refractivity contribution in [3.63, 3.8) is 0 Å². The molecule has 0 unspecified atom stereocenters. The Hall–Kier alpha value is -2.35. The Morgan fingerprint density at radius 1 is 1.15 bits per heavy atom. The summed E-state index contributed by atoms with van der Waals surface area (Å²) >= 11 is 1.60. The summed E-state index contributed by atoms with van der Waals surface area (Å²) in [5, 5.41) is 5.81. The molecule has 1 aliphatic heterocycles. The van der Waals surface area contributed by atoms with Gasteiger partial charge in [0.15, 0.2) is 11.4 Å². The highest BCUT2D eigenvalue weighted by molar-refractivity contribution is 7.09. The van der Waals surface area contributed by atoms with Crippen LogP contribution in [0.15, 0.2) is 17.8 Å². The van der Waals surface area contributed by atoms with Gasteiger partial charge in [0.05, 0.1) is 17.2 Å². The summed E-state index contributed by atoms with van der Waals surface area (Å²) in [7, 11) is 0. The van der Waals surface area contributed by atoms with Crippen LogP contribution in [0, 0.1) is 0 Å². The van der Waals surface area contributed by atoms with E-state index in [1.807, 2.05) is 5.38 Å². The van der Waals surface area contributed by atoms with Crippen LogP contribution in [0.1, 0.15) is 64.3 Å². The minimum Gasteiger partial charge on any atom is -0.345 e. The van der Waals surface area contributed by atoms with Crippen molar-refractivity contribution in [1.29, 1.82) is 0 Å². The van der Waals surface area contributed by atoms with Gasteiger partial charge in [0.2, 0.25) is 0 Å². The van der Waals surface area contributed by atoms with E-state index in [-0.39, 0.29) is 17.3 Å². The SMILES string of the molecule is CCCc1nc(CNC(=O)c2nccnc2C(=O)N2CCCCC2)cs1. The molecule has 0 aliphatic carbocycles. The number of carbonyl (C=O) groups is 2. The van der Waals surface area contributed by atoms with Crippen molar-refractivity contribution < 1.29 is 9.59 Å². The maximum absolute atomic E-state index is 12.7. The number of piperidine rings is 1. The van der Waals surface area contributed by atoms with E-state index in [0.29, 0.717) is 19.6 Å². The topological polar surface area (TPSA) is 88.1 Å². The smallest absolute Gasteiger partial charge is 0.274 e. The molecule has 0 saturated carbocycles. The number of carbonyl (C=O) groups excluding carboxylic acids is 2. The number of hydrogen-bond acceptors (Lipinski definition) is 6. The number of aromatic nitrogens is 3. The predicted octanol–water partition coefficient (Wildman–Crippen LogP) is 2.44. The molecule has 0 atom stereocenters. The number of nitrogens with one attached hydrogen (secondary N) is 1. The summed E-state index contributed by atoms with van der Waals surface area (Å²) in [6.45, 7) is 3.83. The minimum atomic E-state index is -0.400. The summed E-state index contributed by atoms with van der Waals surface area (Å²) < 4.78 is 0. The lowest BCUT2D eigenvalue weighted by atomic mass is 10.1. The molecule has 0 aromatic carbocycles. The van der Waals surface area contributed by atoms with Gasteiger partial charge in [-0.15, -0.1) is 11.3 Å². The van der Waals surface area contributed by atoms with E-state index in [0.717, 1.165) is 42.8 Å². The van der Waals surface area contributed by atoms with Crippen molar-refractivity contribution in [3.05, 3.63) is 39.9 Å². The van der Waals surface area contributed by atoms with Gasteiger partial charge in [0, 0.05) is 30.9 Å². The Kier molecular flexibility index (Phi) is 6.27. The average molecular weight is 373 g/mol. The summed E-state index contributed by atoms with van der Waals surface area (Å²) in [4.78, 5) is 39.7. The molecule has 1 fully saturated rings. The van der Waals surface area contributed by atoms with Crippen molar-refractivity contribution in [2.75, 3.05) is 13.1 Å². The Bertz CT molecular complexity index is 770. The largest absolute Gasteiger partial charge is 0.345 e. The van der Waals surface area contributed by atoms with E-state index in [4.69, 9.17) is 0 Å². The first-order valence-corrected chi connectivity index (χ1v) is 9.88. The maximum Gasteiger partial charge on any atom is 0.274 e. The second-order valence-electron chi connectivity index (χ2n) is 6.27. The van der Waals surface area contributed by atoms with Gasteiger partial charge in [0.25, 0.3) is 11.8 Å². The van der Waals surface area contributed by atoms with Crippen molar-refractivity contribution in [3.8, 4) is 0 Å². The molecule has 26 heavy (non-hydrogen) atoms. The Balaban J connectivity index is 1.67. The van der Waals surface area contributed by atoms with Crippen LogP contribution in [-0.4, -0.2) is 44.8 Å². The van der Waals surface area contributed by atoms with E-state index >= 15 is 0 Å². The maximum atomic E-state index is 12.7. The normalized spacial score (nSPS) is 14.3.